The Kier molecular flexibility index (Phi) is 6.02. The molecule has 0 aliphatic rings. The van der Waals surface area contributed by atoms with Gasteiger partial charge in [-0.3, -0.25) is 9.78 Å². The number of rotatable bonds is 6. The van der Waals surface area contributed by atoms with Crippen LogP contribution in [0.3, 0.4) is 0 Å². The lowest BCUT2D eigenvalue weighted by atomic mass is 9.84. The predicted octanol–water partition coefficient (Wildman–Crippen LogP) is 5.53. The van der Waals surface area contributed by atoms with E-state index in [2.05, 4.69) is 10.3 Å². The average Bonchev–Trinajstić information content (AvgIpc) is 2.68. The molecule has 0 bridgehead atoms. The van der Waals surface area contributed by atoms with Crippen molar-refractivity contribution in [2.24, 2.45) is 5.41 Å². The van der Waals surface area contributed by atoms with Crippen molar-refractivity contribution in [1.29, 1.82) is 0 Å². The molecule has 0 spiro atoms. The molecule has 26 heavy (non-hydrogen) atoms. The van der Waals surface area contributed by atoms with E-state index in [9.17, 15) is 4.79 Å². The Morgan fingerprint density at radius 2 is 1.69 bits per heavy atom. The van der Waals surface area contributed by atoms with Crippen LogP contribution in [0.5, 0.6) is 0 Å². The maximum Gasteiger partial charge on any atom is 0.233 e. The first kappa shape index (κ1) is 19.0. The second-order valence-electron chi connectivity index (χ2n) is 6.19. The van der Waals surface area contributed by atoms with Gasteiger partial charge in [-0.1, -0.05) is 41.9 Å². The van der Waals surface area contributed by atoms with E-state index in [0.29, 0.717) is 17.1 Å². The zero-order valence-corrected chi connectivity index (χ0v) is 16.2. The van der Waals surface area contributed by atoms with E-state index in [1.165, 1.54) is 0 Å². The molecule has 1 N–H and O–H groups in total. The van der Waals surface area contributed by atoms with Gasteiger partial charge in [0.2, 0.25) is 5.91 Å². The Balaban J connectivity index is 1.89. The lowest BCUT2D eigenvalue weighted by molar-refractivity contribution is -0.123. The number of amides is 1. The maximum atomic E-state index is 13.1. The number of carbonyl (C=O) groups is 1. The van der Waals surface area contributed by atoms with E-state index >= 15 is 0 Å². The van der Waals surface area contributed by atoms with Crippen LogP contribution in [0.15, 0.2) is 60.8 Å². The number of nitrogens with one attached hydrogen (secondary N) is 1. The van der Waals surface area contributed by atoms with Crippen LogP contribution in [-0.2, 0) is 11.2 Å². The predicted molar refractivity (Wildman–Crippen MR) is 109 cm³/mol. The average molecular weight is 408 g/mol. The summed E-state index contributed by atoms with van der Waals surface area (Å²) in [7, 11) is 0. The molecule has 6 heteroatoms. The van der Waals surface area contributed by atoms with Crippen LogP contribution in [0.25, 0.3) is 10.9 Å². The number of anilines is 1. The van der Waals surface area contributed by atoms with Gasteiger partial charge in [0, 0.05) is 28.4 Å². The summed E-state index contributed by atoms with van der Waals surface area (Å²) in [6, 6.07) is 16.8. The Morgan fingerprint density at radius 3 is 2.38 bits per heavy atom. The third-order valence-electron chi connectivity index (χ3n) is 4.33. The smallest absolute Gasteiger partial charge is 0.233 e. The third-order valence-corrected chi connectivity index (χ3v) is 5.61. The number of fused-ring (bicyclic) bond motifs is 1. The molecule has 1 amide bonds. The van der Waals surface area contributed by atoms with Crippen molar-refractivity contribution in [1.82, 2.24) is 4.98 Å². The van der Waals surface area contributed by atoms with Crippen LogP contribution in [0, 0.1) is 5.41 Å². The highest BCUT2D eigenvalue weighted by Crippen LogP contribution is 2.30. The SMILES string of the molecule is O=C(Nc1cccc2cccnc12)C(CCl)(CCl)Cc1ccc(Cl)cc1. The molecule has 0 fully saturated rings. The van der Waals surface area contributed by atoms with Crippen molar-refractivity contribution >= 4 is 57.3 Å². The number of hydrogen-bond donors (Lipinski definition) is 1. The summed E-state index contributed by atoms with van der Waals surface area (Å²) in [6.45, 7) is 0. The number of para-hydroxylation sites is 1. The standard InChI is InChI=1S/C20H17Cl3N2O/c21-12-20(13-22,11-14-6-8-16(23)9-7-14)19(26)25-17-5-1-3-15-4-2-10-24-18(15)17/h1-10H,11-13H2,(H,25,26). The molecule has 1 heterocycles. The Hall–Kier alpha value is -1.81. The molecule has 3 nitrogen and oxygen atoms in total. The summed E-state index contributed by atoms with van der Waals surface area (Å²) in [5.41, 5.74) is 1.38. The number of alkyl halides is 2. The van der Waals surface area contributed by atoms with Gasteiger partial charge in [0.15, 0.2) is 0 Å². The molecule has 0 atom stereocenters. The molecule has 0 unspecified atom stereocenters. The Bertz CT molecular complexity index is 903. The topological polar surface area (TPSA) is 42.0 Å². The van der Waals surface area contributed by atoms with Gasteiger partial charge in [-0.15, -0.1) is 23.2 Å². The van der Waals surface area contributed by atoms with Crippen molar-refractivity contribution in [3.8, 4) is 0 Å². The molecule has 0 aliphatic carbocycles. The minimum absolute atomic E-state index is 0.100. The van der Waals surface area contributed by atoms with Crippen LogP contribution in [-0.4, -0.2) is 22.7 Å². The first-order chi connectivity index (χ1) is 12.6. The monoisotopic (exact) mass is 406 g/mol. The van der Waals surface area contributed by atoms with Gasteiger partial charge in [0.05, 0.1) is 16.6 Å². The Labute approximate surface area is 167 Å². The lowest BCUT2D eigenvalue weighted by Gasteiger charge is -2.28. The van der Waals surface area contributed by atoms with Crippen molar-refractivity contribution in [3.05, 3.63) is 71.4 Å². The van der Waals surface area contributed by atoms with E-state index in [1.807, 2.05) is 42.5 Å². The van der Waals surface area contributed by atoms with Crippen LogP contribution < -0.4 is 5.32 Å². The minimum atomic E-state index is -0.937. The molecule has 0 aliphatic heterocycles. The molecule has 2 aromatic carbocycles. The number of aromatic nitrogens is 1. The highest BCUT2D eigenvalue weighted by molar-refractivity contribution is 6.30. The first-order valence-electron chi connectivity index (χ1n) is 8.09. The summed E-state index contributed by atoms with van der Waals surface area (Å²) in [6.07, 6.45) is 2.11. The van der Waals surface area contributed by atoms with Crippen molar-refractivity contribution < 1.29 is 4.79 Å². The summed E-state index contributed by atoms with van der Waals surface area (Å²) in [5.74, 6) is -0.0256. The molecule has 0 saturated heterocycles. The summed E-state index contributed by atoms with van der Waals surface area (Å²) in [4.78, 5) is 17.4. The van der Waals surface area contributed by atoms with Gasteiger partial charge < -0.3 is 5.32 Å². The number of pyridine rings is 1. The summed E-state index contributed by atoms with van der Waals surface area (Å²) in [5, 5.41) is 4.55. The first-order valence-corrected chi connectivity index (χ1v) is 9.54. The van der Waals surface area contributed by atoms with E-state index in [0.717, 1.165) is 16.5 Å². The second-order valence-corrected chi connectivity index (χ2v) is 7.16. The number of hydrogen-bond acceptors (Lipinski definition) is 2. The Morgan fingerprint density at radius 1 is 1.00 bits per heavy atom. The maximum absolute atomic E-state index is 13.1. The molecular weight excluding hydrogens is 391 g/mol. The normalized spacial score (nSPS) is 11.5. The number of halogens is 3. The fourth-order valence-corrected chi connectivity index (χ4v) is 3.63. The quantitative estimate of drug-likeness (QED) is 0.546. The van der Waals surface area contributed by atoms with Crippen LogP contribution in [0.4, 0.5) is 5.69 Å². The van der Waals surface area contributed by atoms with E-state index in [1.54, 1.807) is 18.3 Å². The molecule has 1 aromatic heterocycles. The molecule has 0 radical (unpaired) electrons. The zero-order chi connectivity index (χ0) is 18.6. The van der Waals surface area contributed by atoms with E-state index < -0.39 is 5.41 Å². The van der Waals surface area contributed by atoms with Crippen molar-refractivity contribution in [2.45, 2.75) is 6.42 Å². The highest BCUT2D eigenvalue weighted by atomic mass is 35.5. The fourth-order valence-electron chi connectivity index (χ4n) is 2.78. The van der Waals surface area contributed by atoms with Gasteiger partial charge in [0.1, 0.15) is 0 Å². The van der Waals surface area contributed by atoms with Gasteiger partial charge >= 0.3 is 0 Å². The van der Waals surface area contributed by atoms with E-state index in [-0.39, 0.29) is 17.7 Å². The number of nitrogens with zero attached hydrogens (tertiary/aromatic N) is 1. The largest absolute Gasteiger partial charge is 0.324 e. The number of carbonyl (C=O) groups excluding carboxylic acids is 1. The minimum Gasteiger partial charge on any atom is -0.324 e. The molecule has 0 saturated carbocycles. The highest BCUT2D eigenvalue weighted by Gasteiger charge is 2.37. The van der Waals surface area contributed by atoms with Crippen LogP contribution in [0.2, 0.25) is 5.02 Å². The van der Waals surface area contributed by atoms with Gasteiger partial charge in [0.25, 0.3) is 0 Å². The second kappa shape index (κ2) is 8.26. The molecular formula is C20H17Cl3N2O. The molecule has 3 rings (SSSR count). The molecule has 134 valence electrons. The van der Waals surface area contributed by atoms with Crippen molar-refractivity contribution in [3.63, 3.8) is 0 Å². The number of benzene rings is 2. The summed E-state index contributed by atoms with van der Waals surface area (Å²) >= 11 is 18.3. The fraction of sp³-hybridized carbons (Fsp3) is 0.200. The molecule has 3 aromatic rings. The van der Waals surface area contributed by atoms with Gasteiger partial charge in [-0.05, 0) is 36.2 Å². The zero-order valence-electron chi connectivity index (χ0n) is 13.9. The third kappa shape index (κ3) is 3.96. The van der Waals surface area contributed by atoms with Crippen LogP contribution in [0.1, 0.15) is 5.56 Å². The van der Waals surface area contributed by atoms with E-state index in [4.69, 9.17) is 34.8 Å². The van der Waals surface area contributed by atoms with Gasteiger partial charge in [-0.25, -0.2) is 0 Å². The van der Waals surface area contributed by atoms with Crippen molar-refractivity contribution in [2.75, 3.05) is 17.1 Å². The summed E-state index contributed by atoms with van der Waals surface area (Å²) < 4.78 is 0. The van der Waals surface area contributed by atoms with Crippen LogP contribution >= 0.6 is 34.8 Å². The van der Waals surface area contributed by atoms with Gasteiger partial charge in [-0.2, -0.15) is 0 Å². The lowest BCUT2D eigenvalue weighted by Crippen LogP contribution is -2.41.